The lowest BCUT2D eigenvalue weighted by atomic mass is 10.2. The van der Waals surface area contributed by atoms with Crippen LogP contribution in [0.3, 0.4) is 0 Å². The lowest BCUT2D eigenvalue weighted by Gasteiger charge is -2.02. The third kappa shape index (κ3) is 2.63. The number of hydrogen-bond donors (Lipinski definition) is 0. The maximum Gasteiger partial charge on any atom is 0.363 e. The molecule has 0 saturated carbocycles. The molecule has 0 aliphatic carbocycles. The number of hydrogen-bond acceptors (Lipinski definition) is 4. The van der Waals surface area contributed by atoms with Gasteiger partial charge in [-0.3, -0.25) is 0 Å². The van der Waals surface area contributed by atoms with Gasteiger partial charge >= 0.3 is 5.97 Å². The highest BCUT2D eigenvalue weighted by Crippen LogP contribution is 2.26. The number of halogens is 2. The minimum atomic E-state index is -0.489. The van der Waals surface area contributed by atoms with Crippen LogP contribution in [0.1, 0.15) is 11.1 Å². The van der Waals surface area contributed by atoms with Gasteiger partial charge in [-0.1, -0.05) is 23.2 Å². The molecule has 6 heteroatoms. The molecule has 1 aliphatic rings. The van der Waals surface area contributed by atoms with E-state index in [4.69, 9.17) is 27.9 Å². The van der Waals surface area contributed by atoms with Crippen LogP contribution in [-0.4, -0.2) is 11.9 Å². The average Bonchev–Trinajstić information content (AvgIpc) is 3.01. The summed E-state index contributed by atoms with van der Waals surface area (Å²) in [7, 11) is 0. The largest absolute Gasteiger partial charge is 0.402 e. The van der Waals surface area contributed by atoms with Crippen LogP contribution in [0.4, 0.5) is 0 Å². The fraction of sp³-hybridized carbons (Fsp3) is 0. The molecular weight excluding hydrogens is 317 g/mol. The summed E-state index contributed by atoms with van der Waals surface area (Å²) >= 11 is 13.5. The van der Waals surface area contributed by atoms with Gasteiger partial charge in [0.1, 0.15) is 0 Å². The Hall–Kier alpha value is -1.62. The number of esters is 1. The van der Waals surface area contributed by atoms with Crippen molar-refractivity contribution in [1.82, 2.24) is 0 Å². The minimum Gasteiger partial charge on any atom is -0.402 e. The molecule has 100 valence electrons. The number of carbonyl (C=O) groups excluding carboxylic acids is 1. The fourth-order valence-corrected chi connectivity index (χ4v) is 2.81. The van der Waals surface area contributed by atoms with Crippen molar-refractivity contribution in [3.8, 4) is 0 Å². The fourth-order valence-electron chi connectivity index (χ4n) is 1.70. The number of cyclic esters (lactones) is 1. The van der Waals surface area contributed by atoms with Gasteiger partial charge in [-0.05, 0) is 46.7 Å². The van der Waals surface area contributed by atoms with E-state index >= 15 is 0 Å². The van der Waals surface area contributed by atoms with Gasteiger partial charge in [0.15, 0.2) is 5.70 Å². The minimum absolute atomic E-state index is 0.193. The van der Waals surface area contributed by atoms with Gasteiger partial charge in [0.25, 0.3) is 0 Å². The lowest BCUT2D eigenvalue weighted by molar-refractivity contribution is -0.129. The Kier molecular flexibility index (Phi) is 3.61. The molecule has 0 radical (unpaired) electrons. The molecule has 0 unspecified atom stereocenters. The number of rotatable bonds is 2. The standard InChI is InChI=1S/C14H7Cl2NO2S/c15-9-1-2-10(11(16)6-9)13-17-12(14(18)19-13)5-8-3-4-20-7-8/h1-7H/b12-5-. The van der Waals surface area contributed by atoms with E-state index in [0.29, 0.717) is 15.6 Å². The van der Waals surface area contributed by atoms with Gasteiger partial charge in [0, 0.05) is 5.02 Å². The van der Waals surface area contributed by atoms with E-state index in [1.807, 2.05) is 16.8 Å². The summed E-state index contributed by atoms with van der Waals surface area (Å²) in [5, 5.41) is 4.75. The smallest absolute Gasteiger partial charge is 0.363 e. The van der Waals surface area contributed by atoms with Crippen LogP contribution in [-0.2, 0) is 9.53 Å². The highest BCUT2D eigenvalue weighted by Gasteiger charge is 2.25. The first-order chi connectivity index (χ1) is 9.63. The lowest BCUT2D eigenvalue weighted by Crippen LogP contribution is -2.05. The van der Waals surface area contributed by atoms with E-state index < -0.39 is 5.97 Å². The van der Waals surface area contributed by atoms with E-state index in [0.717, 1.165) is 5.56 Å². The van der Waals surface area contributed by atoms with Crippen molar-refractivity contribution in [2.75, 3.05) is 0 Å². The zero-order chi connectivity index (χ0) is 14.1. The Balaban J connectivity index is 1.98. The predicted molar refractivity (Wildman–Crippen MR) is 81.4 cm³/mol. The molecule has 3 rings (SSSR count). The van der Waals surface area contributed by atoms with Gasteiger partial charge < -0.3 is 4.74 Å². The summed E-state index contributed by atoms with van der Waals surface area (Å²) < 4.78 is 5.15. The van der Waals surface area contributed by atoms with Gasteiger partial charge in [0.2, 0.25) is 5.90 Å². The van der Waals surface area contributed by atoms with Crippen molar-refractivity contribution in [1.29, 1.82) is 0 Å². The van der Waals surface area contributed by atoms with Crippen molar-refractivity contribution in [3.05, 3.63) is 61.9 Å². The predicted octanol–water partition coefficient (Wildman–Crippen LogP) is 4.40. The second-order valence-corrected chi connectivity index (χ2v) is 5.64. The molecule has 0 atom stereocenters. The first kappa shape index (κ1) is 13.4. The maximum atomic E-state index is 11.8. The zero-order valence-corrected chi connectivity index (χ0v) is 12.3. The number of aliphatic imine (C=N–C) groups is 1. The third-order valence-corrected chi connectivity index (χ3v) is 3.88. The third-order valence-electron chi connectivity index (χ3n) is 2.63. The summed E-state index contributed by atoms with van der Waals surface area (Å²) in [6.45, 7) is 0. The Morgan fingerprint density at radius 1 is 1.25 bits per heavy atom. The van der Waals surface area contributed by atoms with Gasteiger partial charge in [0.05, 0.1) is 10.6 Å². The Labute approximate surface area is 129 Å². The molecule has 1 aromatic carbocycles. The summed E-state index contributed by atoms with van der Waals surface area (Å²) in [4.78, 5) is 16.0. The molecule has 0 fully saturated rings. The van der Waals surface area contributed by atoms with Crippen LogP contribution in [0, 0.1) is 0 Å². The Morgan fingerprint density at radius 3 is 2.80 bits per heavy atom. The number of thiophene rings is 1. The topological polar surface area (TPSA) is 38.7 Å². The highest BCUT2D eigenvalue weighted by atomic mass is 35.5. The van der Waals surface area contributed by atoms with Crippen molar-refractivity contribution in [3.63, 3.8) is 0 Å². The second kappa shape index (κ2) is 5.40. The normalized spacial score (nSPS) is 16.4. The van der Waals surface area contributed by atoms with E-state index in [9.17, 15) is 4.79 Å². The van der Waals surface area contributed by atoms with Crippen LogP contribution < -0.4 is 0 Å². The zero-order valence-electron chi connectivity index (χ0n) is 9.97. The molecule has 2 aromatic rings. The quantitative estimate of drug-likeness (QED) is 0.607. The van der Waals surface area contributed by atoms with Gasteiger partial charge in [-0.2, -0.15) is 11.3 Å². The molecule has 0 spiro atoms. The Bertz CT molecular complexity index is 736. The van der Waals surface area contributed by atoms with Crippen molar-refractivity contribution < 1.29 is 9.53 Å². The summed E-state index contributed by atoms with van der Waals surface area (Å²) in [5.41, 5.74) is 1.71. The number of carbonyl (C=O) groups is 1. The van der Waals surface area contributed by atoms with E-state index in [2.05, 4.69) is 4.99 Å². The highest BCUT2D eigenvalue weighted by molar-refractivity contribution is 7.08. The number of ether oxygens (including phenoxy) is 1. The van der Waals surface area contributed by atoms with Crippen LogP contribution >= 0.6 is 34.5 Å². The van der Waals surface area contributed by atoms with E-state index in [1.54, 1.807) is 35.6 Å². The molecule has 1 aliphatic heterocycles. The van der Waals surface area contributed by atoms with E-state index in [-0.39, 0.29) is 11.6 Å². The van der Waals surface area contributed by atoms with Gasteiger partial charge in [-0.15, -0.1) is 0 Å². The Morgan fingerprint density at radius 2 is 2.10 bits per heavy atom. The molecule has 0 amide bonds. The van der Waals surface area contributed by atoms with Crippen molar-refractivity contribution in [2.24, 2.45) is 4.99 Å². The first-order valence-electron chi connectivity index (χ1n) is 5.64. The molecule has 0 saturated heterocycles. The summed E-state index contributed by atoms with van der Waals surface area (Å²) in [6, 6.07) is 6.81. The van der Waals surface area contributed by atoms with Crippen LogP contribution in [0.15, 0.2) is 45.7 Å². The summed E-state index contributed by atoms with van der Waals surface area (Å²) in [5.74, 6) is -0.296. The van der Waals surface area contributed by atoms with Crippen LogP contribution in [0.25, 0.3) is 6.08 Å². The monoisotopic (exact) mass is 323 g/mol. The number of nitrogens with zero attached hydrogens (tertiary/aromatic N) is 1. The van der Waals surface area contributed by atoms with Crippen LogP contribution in [0.2, 0.25) is 10.0 Å². The first-order valence-corrected chi connectivity index (χ1v) is 7.33. The van der Waals surface area contributed by atoms with Gasteiger partial charge in [-0.25, -0.2) is 9.79 Å². The molecule has 0 N–H and O–H groups in total. The molecule has 0 bridgehead atoms. The molecule has 2 heterocycles. The van der Waals surface area contributed by atoms with Crippen molar-refractivity contribution >= 4 is 52.5 Å². The maximum absolute atomic E-state index is 11.8. The number of benzene rings is 1. The molecule has 3 nitrogen and oxygen atoms in total. The van der Waals surface area contributed by atoms with Crippen LogP contribution in [0.5, 0.6) is 0 Å². The average molecular weight is 324 g/mol. The molecular formula is C14H7Cl2NO2S. The van der Waals surface area contributed by atoms with Crippen molar-refractivity contribution in [2.45, 2.75) is 0 Å². The summed E-state index contributed by atoms with van der Waals surface area (Å²) in [6.07, 6.45) is 1.68. The molecule has 1 aromatic heterocycles. The van der Waals surface area contributed by atoms with E-state index in [1.165, 1.54) is 0 Å². The second-order valence-electron chi connectivity index (χ2n) is 4.02. The molecule has 20 heavy (non-hydrogen) atoms. The SMILES string of the molecule is O=C1OC(c2ccc(Cl)cc2Cl)=N/C1=C\c1ccsc1.